The van der Waals surface area contributed by atoms with E-state index >= 15 is 0 Å². The SMILES string of the molecule is CC1(COC=C2CCCC2)CCSC1. The van der Waals surface area contributed by atoms with E-state index in [1.54, 1.807) is 0 Å². The van der Waals surface area contributed by atoms with Crippen LogP contribution in [-0.4, -0.2) is 18.1 Å². The third-order valence-electron chi connectivity index (χ3n) is 3.23. The maximum atomic E-state index is 5.73. The van der Waals surface area contributed by atoms with Gasteiger partial charge in [0.2, 0.25) is 0 Å². The lowest BCUT2D eigenvalue weighted by molar-refractivity contribution is 0.141. The van der Waals surface area contributed by atoms with Gasteiger partial charge in [0.05, 0.1) is 12.9 Å². The fraction of sp³-hybridized carbons (Fsp3) is 0.833. The summed E-state index contributed by atoms with van der Waals surface area (Å²) in [6, 6.07) is 0. The fourth-order valence-electron chi connectivity index (χ4n) is 2.13. The van der Waals surface area contributed by atoms with Crippen molar-refractivity contribution in [1.29, 1.82) is 0 Å². The molecule has 1 saturated heterocycles. The lowest BCUT2D eigenvalue weighted by atomic mass is 9.92. The van der Waals surface area contributed by atoms with Crippen LogP contribution in [0, 0.1) is 5.41 Å². The number of thioether (sulfide) groups is 1. The monoisotopic (exact) mass is 212 g/mol. The van der Waals surface area contributed by atoms with Crippen molar-refractivity contribution in [3.63, 3.8) is 0 Å². The summed E-state index contributed by atoms with van der Waals surface area (Å²) in [6.45, 7) is 3.27. The highest BCUT2D eigenvalue weighted by atomic mass is 32.2. The van der Waals surface area contributed by atoms with E-state index in [2.05, 4.69) is 18.7 Å². The van der Waals surface area contributed by atoms with Gasteiger partial charge in [0.25, 0.3) is 0 Å². The van der Waals surface area contributed by atoms with Crippen molar-refractivity contribution in [3.8, 4) is 0 Å². The Morgan fingerprint density at radius 3 is 2.86 bits per heavy atom. The van der Waals surface area contributed by atoms with Gasteiger partial charge in [-0.2, -0.15) is 11.8 Å². The smallest absolute Gasteiger partial charge is 0.0935 e. The summed E-state index contributed by atoms with van der Waals surface area (Å²) in [7, 11) is 0. The number of rotatable bonds is 3. The van der Waals surface area contributed by atoms with Crippen LogP contribution >= 0.6 is 11.8 Å². The van der Waals surface area contributed by atoms with Gasteiger partial charge in [-0.05, 0) is 43.4 Å². The third kappa shape index (κ3) is 2.69. The Balaban J connectivity index is 1.73. The molecule has 1 saturated carbocycles. The number of hydrogen-bond donors (Lipinski definition) is 0. The van der Waals surface area contributed by atoms with Gasteiger partial charge < -0.3 is 4.74 Å². The molecule has 0 bridgehead atoms. The minimum Gasteiger partial charge on any atom is -0.501 e. The number of allylic oxidation sites excluding steroid dienone is 1. The molecule has 2 rings (SSSR count). The van der Waals surface area contributed by atoms with E-state index < -0.39 is 0 Å². The molecule has 0 aromatic rings. The second-order valence-corrected chi connectivity index (χ2v) is 6.01. The van der Waals surface area contributed by atoms with Crippen molar-refractivity contribution < 1.29 is 4.74 Å². The summed E-state index contributed by atoms with van der Waals surface area (Å²) >= 11 is 2.06. The molecule has 0 N–H and O–H groups in total. The Kier molecular flexibility index (Phi) is 3.42. The van der Waals surface area contributed by atoms with E-state index in [0.29, 0.717) is 5.41 Å². The van der Waals surface area contributed by atoms with Crippen molar-refractivity contribution in [2.75, 3.05) is 18.1 Å². The van der Waals surface area contributed by atoms with E-state index in [1.807, 2.05) is 6.26 Å². The van der Waals surface area contributed by atoms with Gasteiger partial charge in [-0.15, -0.1) is 0 Å². The maximum absolute atomic E-state index is 5.73. The van der Waals surface area contributed by atoms with Crippen molar-refractivity contribution in [3.05, 3.63) is 11.8 Å². The first kappa shape index (κ1) is 10.4. The zero-order chi connectivity index (χ0) is 9.86. The molecule has 1 atom stereocenters. The molecule has 80 valence electrons. The highest BCUT2D eigenvalue weighted by Gasteiger charge is 2.29. The molecule has 2 heteroatoms. The number of ether oxygens (including phenoxy) is 1. The van der Waals surface area contributed by atoms with Gasteiger partial charge in [0, 0.05) is 11.2 Å². The molecule has 14 heavy (non-hydrogen) atoms. The summed E-state index contributed by atoms with van der Waals surface area (Å²) in [5, 5.41) is 0. The van der Waals surface area contributed by atoms with Gasteiger partial charge in [0.1, 0.15) is 0 Å². The minimum absolute atomic E-state index is 0.445. The van der Waals surface area contributed by atoms with E-state index in [4.69, 9.17) is 4.74 Å². The molecule has 1 nitrogen and oxygen atoms in total. The Bertz CT molecular complexity index is 208. The summed E-state index contributed by atoms with van der Waals surface area (Å²) < 4.78 is 5.73. The molecular formula is C12H20OS. The normalized spacial score (nSPS) is 32.2. The van der Waals surface area contributed by atoms with E-state index in [1.165, 1.54) is 49.2 Å². The van der Waals surface area contributed by atoms with Gasteiger partial charge >= 0.3 is 0 Å². The highest BCUT2D eigenvalue weighted by molar-refractivity contribution is 7.99. The second kappa shape index (κ2) is 4.61. The first-order chi connectivity index (χ1) is 6.79. The van der Waals surface area contributed by atoms with E-state index in [9.17, 15) is 0 Å². The van der Waals surface area contributed by atoms with Crippen LogP contribution in [0.1, 0.15) is 39.0 Å². The highest BCUT2D eigenvalue weighted by Crippen LogP contribution is 2.35. The van der Waals surface area contributed by atoms with Crippen LogP contribution in [0.4, 0.5) is 0 Å². The van der Waals surface area contributed by atoms with Crippen molar-refractivity contribution >= 4 is 11.8 Å². The van der Waals surface area contributed by atoms with Crippen LogP contribution in [0.15, 0.2) is 11.8 Å². The molecule has 1 unspecified atom stereocenters. The topological polar surface area (TPSA) is 9.23 Å². The van der Waals surface area contributed by atoms with Crippen LogP contribution in [0.25, 0.3) is 0 Å². The molecule has 2 aliphatic rings. The zero-order valence-corrected chi connectivity index (χ0v) is 9.87. The van der Waals surface area contributed by atoms with Gasteiger partial charge in [-0.1, -0.05) is 6.92 Å². The molecule has 0 spiro atoms. The fourth-order valence-corrected chi connectivity index (χ4v) is 3.63. The first-order valence-corrected chi connectivity index (χ1v) is 6.81. The average molecular weight is 212 g/mol. The van der Waals surface area contributed by atoms with E-state index in [-0.39, 0.29) is 0 Å². The first-order valence-electron chi connectivity index (χ1n) is 5.66. The lowest BCUT2D eigenvalue weighted by Gasteiger charge is -2.21. The summed E-state index contributed by atoms with van der Waals surface area (Å²) in [5.74, 6) is 2.59. The molecule has 1 aliphatic carbocycles. The Morgan fingerprint density at radius 2 is 2.21 bits per heavy atom. The minimum atomic E-state index is 0.445. The third-order valence-corrected chi connectivity index (χ3v) is 4.62. The van der Waals surface area contributed by atoms with Gasteiger partial charge in [-0.25, -0.2) is 0 Å². The molecule has 2 fully saturated rings. The summed E-state index contributed by atoms with van der Waals surface area (Å²) in [6.07, 6.45) is 8.63. The molecule has 1 aliphatic heterocycles. The largest absolute Gasteiger partial charge is 0.501 e. The van der Waals surface area contributed by atoms with Crippen LogP contribution in [0.2, 0.25) is 0 Å². The predicted octanol–water partition coefficient (Wildman–Crippen LogP) is 3.60. The summed E-state index contributed by atoms with van der Waals surface area (Å²) in [5.41, 5.74) is 1.97. The van der Waals surface area contributed by atoms with Gasteiger partial charge in [-0.3, -0.25) is 0 Å². The Hall–Kier alpha value is -0.110. The zero-order valence-electron chi connectivity index (χ0n) is 9.05. The molecule has 0 aromatic heterocycles. The lowest BCUT2D eigenvalue weighted by Crippen LogP contribution is -2.21. The number of hydrogen-bond acceptors (Lipinski definition) is 2. The van der Waals surface area contributed by atoms with Crippen molar-refractivity contribution in [1.82, 2.24) is 0 Å². The Labute approximate surface area is 91.3 Å². The standard InChI is InChI=1S/C12H20OS/c1-12(6-7-14-10-12)9-13-8-11-4-2-3-5-11/h8H,2-7,9-10H2,1H3. The van der Waals surface area contributed by atoms with Crippen LogP contribution in [0.3, 0.4) is 0 Å². The van der Waals surface area contributed by atoms with Crippen LogP contribution < -0.4 is 0 Å². The van der Waals surface area contributed by atoms with Crippen molar-refractivity contribution in [2.24, 2.45) is 5.41 Å². The predicted molar refractivity (Wildman–Crippen MR) is 62.6 cm³/mol. The van der Waals surface area contributed by atoms with Crippen LogP contribution in [0.5, 0.6) is 0 Å². The quantitative estimate of drug-likeness (QED) is 0.661. The van der Waals surface area contributed by atoms with E-state index in [0.717, 1.165) is 6.61 Å². The van der Waals surface area contributed by atoms with Crippen molar-refractivity contribution in [2.45, 2.75) is 39.0 Å². The van der Waals surface area contributed by atoms with Gasteiger partial charge in [0.15, 0.2) is 0 Å². The second-order valence-electron chi connectivity index (χ2n) is 4.91. The molecule has 1 heterocycles. The maximum Gasteiger partial charge on any atom is 0.0935 e. The molecule has 0 amide bonds. The molecule has 0 radical (unpaired) electrons. The summed E-state index contributed by atoms with van der Waals surface area (Å²) in [4.78, 5) is 0. The average Bonchev–Trinajstić information content (AvgIpc) is 2.77. The van der Waals surface area contributed by atoms with Crippen LogP contribution in [-0.2, 0) is 4.74 Å². The Morgan fingerprint density at radius 1 is 1.43 bits per heavy atom. The molecule has 0 aromatic carbocycles. The molecular weight excluding hydrogens is 192 g/mol.